The molecule has 0 bridgehead atoms. The fourth-order valence-electron chi connectivity index (χ4n) is 2.03. The van der Waals surface area contributed by atoms with E-state index in [1.165, 1.54) is 0 Å². The van der Waals surface area contributed by atoms with Crippen LogP contribution in [0.25, 0.3) is 10.9 Å². The molecule has 1 saturated carbocycles. The van der Waals surface area contributed by atoms with Gasteiger partial charge in [-0.05, 0) is 25.0 Å². The summed E-state index contributed by atoms with van der Waals surface area (Å²) >= 11 is 0. The molecule has 3 N–H and O–H groups in total. The Morgan fingerprint density at radius 1 is 1.30 bits per heavy atom. The van der Waals surface area contributed by atoms with E-state index in [0.29, 0.717) is 29.9 Å². The number of nitrogens with zero attached hydrogens (tertiary/aromatic N) is 1. The number of hydrogen-bond donors (Lipinski definition) is 3. The summed E-state index contributed by atoms with van der Waals surface area (Å²) in [6.07, 6.45) is 2.00. The average molecular weight is 272 g/mol. The Hall–Kier alpha value is -2.37. The lowest BCUT2D eigenvalue weighted by Crippen LogP contribution is -2.30. The fraction of sp³-hybridized carbons (Fsp3) is 0.357. The quantitative estimate of drug-likeness (QED) is 0.705. The molecule has 20 heavy (non-hydrogen) atoms. The van der Waals surface area contributed by atoms with Gasteiger partial charge in [0.05, 0.1) is 10.9 Å². The van der Waals surface area contributed by atoms with Crippen LogP contribution < -0.4 is 16.2 Å². The van der Waals surface area contributed by atoms with E-state index >= 15 is 0 Å². The number of hydrogen-bond acceptors (Lipinski definition) is 4. The number of amides is 1. The van der Waals surface area contributed by atoms with Crippen molar-refractivity contribution in [1.29, 1.82) is 0 Å². The third-order valence-electron chi connectivity index (χ3n) is 3.28. The average Bonchev–Trinajstić information content (AvgIpc) is 3.28. The molecule has 6 nitrogen and oxygen atoms in total. The van der Waals surface area contributed by atoms with Crippen LogP contribution in [0.3, 0.4) is 0 Å². The molecule has 1 aliphatic carbocycles. The fourth-order valence-corrected chi connectivity index (χ4v) is 2.03. The molecule has 1 fully saturated rings. The van der Waals surface area contributed by atoms with E-state index in [9.17, 15) is 9.59 Å². The first-order chi connectivity index (χ1) is 9.74. The predicted molar refractivity (Wildman–Crippen MR) is 76.6 cm³/mol. The predicted octanol–water partition coefficient (Wildman–Crippen LogP) is 0.861. The van der Waals surface area contributed by atoms with Crippen molar-refractivity contribution in [1.82, 2.24) is 15.3 Å². The van der Waals surface area contributed by atoms with Crippen LogP contribution in [-0.2, 0) is 4.79 Å². The molecular formula is C14H16N4O2. The molecule has 3 rings (SSSR count). The topological polar surface area (TPSA) is 86.9 Å². The van der Waals surface area contributed by atoms with Gasteiger partial charge in [0.25, 0.3) is 5.56 Å². The summed E-state index contributed by atoms with van der Waals surface area (Å²) in [6, 6.07) is 7.18. The van der Waals surface area contributed by atoms with E-state index in [1.807, 2.05) is 6.07 Å². The number of nitrogens with one attached hydrogen (secondary N) is 3. The molecule has 0 aliphatic heterocycles. The number of anilines is 1. The first-order valence-corrected chi connectivity index (χ1v) is 6.75. The van der Waals surface area contributed by atoms with E-state index in [-0.39, 0.29) is 17.4 Å². The Labute approximate surface area is 115 Å². The number of benzene rings is 1. The van der Waals surface area contributed by atoms with Crippen LogP contribution in [-0.4, -0.2) is 29.0 Å². The number of carbonyl (C=O) groups excluding carboxylic acids is 1. The molecular weight excluding hydrogens is 256 g/mol. The maximum absolute atomic E-state index is 11.8. The molecule has 0 saturated heterocycles. The van der Waals surface area contributed by atoms with Crippen LogP contribution in [0.15, 0.2) is 29.1 Å². The van der Waals surface area contributed by atoms with E-state index in [4.69, 9.17) is 0 Å². The molecule has 1 heterocycles. The van der Waals surface area contributed by atoms with Gasteiger partial charge in [-0.3, -0.25) is 14.6 Å². The summed E-state index contributed by atoms with van der Waals surface area (Å²) in [5.41, 5.74) is 0.487. The number of para-hydroxylation sites is 1. The molecule has 6 heteroatoms. The number of carbonyl (C=O) groups is 1. The Bertz CT molecular complexity index is 691. The van der Waals surface area contributed by atoms with Crippen molar-refractivity contribution in [2.24, 2.45) is 5.92 Å². The van der Waals surface area contributed by atoms with Crippen LogP contribution in [0.5, 0.6) is 0 Å². The zero-order valence-electron chi connectivity index (χ0n) is 11.0. The van der Waals surface area contributed by atoms with Crippen molar-refractivity contribution < 1.29 is 4.79 Å². The number of fused-ring (bicyclic) bond motifs is 1. The largest absolute Gasteiger partial charge is 0.354 e. The van der Waals surface area contributed by atoms with Crippen molar-refractivity contribution >= 4 is 22.8 Å². The smallest absolute Gasteiger partial charge is 0.260 e. The summed E-state index contributed by atoms with van der Waals surface area (Å²) in [5.74, 6) is 0.759. The summed E-state index contributed by atoms with van der Waals surface area (Å²) in [6.45, 7) is 1.05. The lowest BCUT2D eigenvalue weighted by Gasteiger charge is -2.07. The monoisotopic (exact) mass is 272 g/mol. The number of aromatic nitrogens is 2. The zero-order chi connectivity index (χ0) is 13.9. The van der Waals surface area contributed by atoms with Crippen molar-refractivity contribution in [3.63, 3.8) is 0 Å². The highest BCUT2D eigenvalue weighted by Gasteiger charge is 2.28. The summed E-state index contributed by atoms with van der Waals surface area (Å²) in [5, 5.41) is 6.43. The highest BCUT2D eigenvalue weighted by atomic mass is 16.2. The second-order valence-corrected chi connectivity index (χ2v) is 4.92. The van der Waals surface area contributed by atoms with Gasteiger partial charge in [0, 0.05) is 19.0 Å². The Kier molecular flexibility index (Phi) is 3.37. The van der Waals surface area contributed by atoms with Crippen LogP contribution >= 0.6 is 0 Å². The van der Waals surface area contributed by atoms with Crippen LogP contribution in [0.1, 0.15) is 12.8 Å². The molecule has 0 unspecified atom stereocenters. The molecule has 1 amide bonds. The number of H-pyrrole nitrogens is 1. The van der Waals surface area contributed by atoms with Gasteiger partial charge in [-0.2, -0.15) is 0 Å². The van der Waals surface area contributed by atoms with Gasteiger partial charge >= 0.3 is 0 Å². The van der Waals surface area contributed by atoms with Gasteiger partial charge in [0.15, 0.2) is 0 Å². The highest BCUT2D eigenvalue weighted by molar-refractivity contribution is 5.80. The Morgan fingerprint density at radius 2 is 2.10 bits per heavy atom. The maximum atomic E-state index is 11.8. The van der Waals surface area contributed by atoms with Crippen LogP contribution in [0.4, 0.5) is 5.95 Å². The third kappa shape index (κ3) is 2.79. The first kappa shape index (κ1) is 12.7. The lowest BCUT2D eigenvalue weighted by atomic mass is 10.2. The molecule has 104 valence electrons. The normalized spacial score (nSPS) is 14.2. The molecule has 1 aromatic heterocycles. The lowest BCUT2D eigenvalue weighted by molar-refractivity contribution is -0.122. The number of aromatic amines is 1. The molecule has 0 radical (unpaired) electrons. The van der Waals surface area contributed by atoms with Crippen LogP contribution in [0.2, 0.25) is 0 Å². The van der Waals surface area contributed by atoms with Gasteiger partial charge in [-0.1, -0.05) is 12.1 Å². The minimum absolute atomic E-state index is 0.117. The molecule has 1 aliphatic rings. The SMILES string of the molecule is O=C(NCCNc1nc2ccccc2c(=O)[nH]1)C1CC1. The highest BCUT2D eigenvalue weighted by Crippen LogP contribution is 2.28. The summed E-state index contributed by atoms with van der Waals surface area (Å²) in [4.78, 5) is 30.3. The second-order valence-electron chi connectivity index (χ2n) is 4.92. The van der Waals surface area contributed by atoms with Crippen molar-refractivity contribution in [3.8, 4) is 0 Å². The van der Waals surface area contributed by atoms with E-state index < -0.39 is 0 Å². The molecule has 1 aromatic carbocycles. The molecule has 0 atom stereocenters. The minimum Gasteiger partial charge on any atom is -0.354 e. The second kappa shape index (κ2) is 5.32. The Morgan fingerprint density at radius 3 is 2.90 bits per heavy atom. The van der Waals surface area contributed by atoms with Crippen LogP contribution in [0, 0.1) is 5.92 Å². The Balaban J connectivity index is 1.59. The van der Waals surface area contributed by atoms with Crippen molar-refractivity contribution in [2.75, 3.05) is 18.4 Å². The van der Waals surface area contributed by atoms with Gasteiger partial charge < -0.3 is 10.6 Å². The maximum Gasteiger partial charge on any atom is 0.260 e. The van der Waals surface area contributed by atoms with Crippen molar-refractivity contribution in [2.45, 2.75) is 12.8 Å². The summed E-state index contributed by atoms with van der Waals surface area (Å²) < 4.78 is 0. The standard InChI is InChI=1S/C14H16N4O2/c19-12(9-5-6-9)15-7-8-16-14-17-11-4-2-1-3-10(11)13(20)18-14/h1-4,9H,5-8H2,(H,15,19)(H2,16,17,18,20). The van der Waals surface area contributed by atoms with Gasteiger partial charge in [0.2, 0.25) is 11.9 Å². The molecule has 0 spiro atoms. The zero-order valence-corrected chi connectivity index (χ0v) is 11.0. The van der Waals surface area contributed by atoms with Crippen molar-refractivity contribution in [3.05, 3.63) is 34.6 Å². The van der Waals surface area contributed by atoms with E-state index in [2.05, 4.69) is 20.6 Å². The van der Waals surface area contributed by atoms with E-state index in [1.54, 1.807) is 18.2 Å². The first-order valence-electron chi connectivity index (χ1n) is 6.75. The summed E-state index contributed by atoms with van der Waals surface area (Å²) in [7, 11) is 0. The third-order valence-corrected chi connectivity index (χ3v) is 3.28. The minimum atomic E-state index is -0.167. The van der Waals surface area contributed by atoms with E-state index in [0.717, 1.165) is 12.8 Å². The van der Waals surface area contributed by atoms with Gasteiger partial charge in [0.1, 0.15) is 0 Å². The number of rotatable bonds is 5. The molecule has 2 aromatic rings. The van der Waals surface area contributed by atoms with Gasteiger partial charge in [-0.15, -0.1) is 0 Å². The van der Waals surface area contributed by atoms with Gasteiger partial charge in [-0.25, -0.2) is 4.98 Å².